The van der Waals surface area contributed by atoms with E-state index in [2.05, 4.69) is 24.9 Å². The fourth-order valence-electron chi connectivity index (χ4n) is 2.01. The maximum Gasteiger partial charge on any atom is 0.0642 e. The molecule has 0 aromatic heterocycles. The molecular formula is C14H23ClN2. The second-order valence-electron chi connectivity index (χ2n) is 4.70. The van der Waals surface area contributed by atoms with Crippen molar-refractivity contribution in [3.8, 4) is 0 Å². The molecule has 0 aliphatic heterocycles. The molecule has 0 amide bonds. The molecule has 0 saturated carbocycles. The van der Waals surface area contributed by atoms with E-state index in [4.69, 9.17) is 17.3 Å². The number of nitrogens with two attached hydrogens (primary N) is 1. The first-order valence-corrected chi connectivity index (χ1v) is 6.68. The number of nitrogens with zero attached hydrogens (tertiary/aromatic N) is 1. The molecule has 1 unspecified atom stereocenters. The van der Waals surface area contributed by atoms with E-state index >= 15 is 0 Å². The number of benzene rings is 1. The molecule has 96 valence electrons. The van der Waals surface area contributed by atoms with Crippen molar-refractivity contribution in [3.63, 3.8) is 0 Å². The molecule has 2 N–H and O–H groups in total. The molecule has 0 aliphatic carbocycles. The van der Waals surface area contributed by atoms with E-state index in [1.165, 1.54) is 18.4 Å². The van der Waals surface area contributed by atoms with Crippen molar-refractivity contribution < 1.29 is 0 Å². The highest BCUT2D eigenvalue weighted by Crippen LogP contribution is 2.30. The predicted octanol–water partition coefficient (Wildman–Crippen LogP) is 3.47. The van der Waals surface area contributed by atoms with Crippen molar-refractivity contribution in [1.82, 2.24) is 0 Å². The van der Waals surface area contributed by atoms with Crippen LogP contribution < -0.4 is 10.6 Å². The Bertz CT molecular complexity index is 350. The van der Waals surface area contributed by atoms with Crippen molar-refractivity contribution in [2.75, 3.05) is 18.5 Å². The van der Waals surface area contributed by atoms with Gasteiger partial charge in [0.1, 0.15) is 0 Å². The van der Waals surface area contributed by atoms with Gasteiger partial charge in [-0.05, 0) is 31.4 Å². The highest BCUT2D eigenvalue weighted by Gasteiger charge is 2.12. The van der Waals surface area contributed by atoms with Crippen LogP contribution in [0.2, 0.25) is 5.02 Å². The van der Waals surface area contributed by atoms with E-state index in [0.717, 1.165) is 23.7 Å². The van der Waals surface area contributed by atoms with Gasteiger partial charge in [0, 0.05) is 19.6 Å². The molecule has 1 atom stereocenters. The summed E-state index contributed by atoms with van der Waals surface area (Å²) < 4.78 is 0. The Morgan fingerprint density at radius 1 is 1.41 bits per heavy atom. The van der Waals surface area contributed by atoms with E-state index in [1.54, 1.807) is 0 Å². The van der Waals surface area contributed by atoms with Gasteiger partial charge in [-0.3, -0.25) is 0 Å². The molecule has 0 fully saturated rings. The van der Waals surface area contributed by atoms with Crippen molar-refractivity contribution >= 4 is 17.3 Å². The van der Waals surface area contributed by atoms with Gasteiger partial charge in [-0.1, -0.05) is 37.1 Å². The summed E-state index contributed by atoms with van der Waals surface area (Å²) in [6.45, 7) is 5.26. The minimum absolute atomic E-state index is 0.159. The fraction of sp³-hybridized carbons (Fsp3) is 0.571. The SMILES string of the molecule is CCCCN(C)c1c(Cl)cccc1CC(C)N. The van der Waals surface area contributed by atoms with Crippen LogP contribution in [0.3, 0.4) is 0 Å². The van der Waals surface area contributed by atoms with Crippen molar-refractivity contribution in [3.05, 3.63) is 28.8 Å². The van der Waals surface area contributed by atoms with Crippen LogP contribution in [0.4, 0.5) is 5.69 Å². The molecule has 1 aromatic rings. The van der Waals surface area contributed by atoms with Crippen LogP contribution in [0.25, 0.3) is 0 Å². The lowest BCUT2D eigenvalue weighted by Crippen LogP contribution is -2.23. The number of hydrogen-bond donors (Lipinski definition) is 1. The number of hydrogen-bond acceptors (Lipinski definition) is 2. The van der Waals surface area contributed by atoms with Gasteiger partial charge < -0.3 is 10.6 Å². The summed E-state index contributed by atoms with van der Waals surface area (Å²) in [4.78, 5) is 2.24. The zero-order valence-corrected chi connectivity index (χ0v) is 11.8. The molecule has 0 radical (unpaired) electrons. The normalized spacial score (nSPS) is 12.5. The van der Waals surface area contributed by atoms with Gasteiger partial charge in [0.15, 0.2) is 0 Å². The molecule has 3 heteroatoms. The van der Waals surface area contributed by atoms with Gasteiger partial charge in [-0.25, -0.2) is 0 Å². The van der Waals surface area contributed by atoms with Crippen LogP contribution in [-0.4, -0.2) is 19.6 Å². The van der Waals surface area contributed by atoms with E-state index in [9.17, 15) is 0 Å². The summed E-state index contributed by atoms with van der Waals surface area (Å²) in [6.07, 6.45) is 3.24. The molecule has 0 aliphatic rings. The van der Waals surface area contributed by atoms with Crippen LogP contribution in [0.1, 0.15) is 32.3 Å². The Kier molecular flexibility index (Phi) is 5.79. The summed E-state index contributed by atoms with van der Waals surface area (Å²) in [5.74, 6) is 0. The minimum atomic E-state index is 0.159. The zero-order chi connectivity index (χ0) is 12.8. The molecule has 0 saturated heterocycles. The molecular weight excluding hydrogens is 232 g/mol. The Hall–Kier alpha value is -0.730. The maximum atomic E-state index is 6.30. The Morgan fingerprint density at radius 2 is 2.12 bits per heavy atom. The maximum absolute atomic E-state index is 6.30. The summed E-state index contributed by atoms with van der Waals surface area (Å²) in [5, 5.41) is 0.821. The van der Waals surface area contributed by atoms with Crippen LogP contribution in [0.5, 0.6) is 0 Å². The third-order valence-electron chi connectivity index (χ3n) is 2.84. The second kappa shape index (κ2) is 6.87. The molecule has 0 spiro atoms. The third kappa shape index (κ3) is 4.21. The van der Waals surface area contributed by atoms with E-state index in [1.807, 2.05) is 19.1 Å². The van der Waals surface area contributed by atoms with Crippen molar-refractivity contribution in [2.24, 2.45) is 5.73 Å². The Balaban J connectivity index is 2.93. The minimum Gasteiger partial charge on any atom is -0.373 e. The van der Waals surface area contributed by atoms with E-state index < -0.39 is 0 Å². The van der Waals surface area contributed by atoms with Gasteiger partial charge in [-0.2, -0.15) is 0 Å². The molecule has 0 heterocycles. The fourth-order valence-corrected chi connectivity index (χ4v) is 2.34. The first kappa shape index (κ1) is 14.3. The van der Waals surface area contributed by atoms with Gasteiger partial charge >= 0.3 is 0 Å². The van der Waals surface area contributed by atoms with Crippen LogP contribution in [-0.2, 0) is 6.42 Å². The lowest BCUT2D eigenvalue weighted by molar-refractivity contribution is 0.726. The summed E-state index contributed by atoms with van der Waals surface area (Å²) >= 11 is 6.30. The number of para-hydroxylation sites is 1. The lowest BCUT2D eigenvalue weighted by Gasteiger charge is -2.24. The first-order valence-electron chi connectivity index (χ1n) is 6.30. The molecule has 1 rings (SSSR count). The topological polar surface area (TPSA) is 29.3 Å². The highest BCUT2D eigenvalue weighted by molar-refractivity contribution is 6.33. The molecule has 0 bridgehead atoms. The van der Waals surface area contributed by atoms with Crippen LogP contribution >= 0.6 is 11.6 Å². The van der Waals surface area contributed by atoms with Gasteiger partial charge in [-0.15, -0.1) is 0 Å². The first-order chi connectivity index (χ1) is 8.06. The smallest absolute Gasteiger partial charge is 0.0642 e. The number of anilines is 1. The van der Waals surface area contributed by atoms with E-state index in [0.29, 0.717) is 0 Å². The second-order valence-corrected chi connectivity index (χ2v) is 5.11. The van der Waals surface area contributed by atoms with E-state index in [-0.39, 0.29) is 6.04 Å². The predicted molar refractivity (Wildman–Crippen MR) is 77.0 cm³/mol. The zero-order valence-electron chi connectivity index (χ0n) is 11.0. The summed E-state index contributed by atoms with van der Waals surface area (Å²) in [6, 6.07) is 6.22. The summed E-state index contributed by atoms with van der Waals surface area (Å²) in [7, 11) is 2.10. The number of rotatable bonds is 6. The molecule has 1 aromatic carbocycles. The molecule has 17 heavy (non-hydrogen) atoms. The van der Waals surface area contributed by atoms with Crippen LogP contribution in [0.15, 0.2) is 18.2 Å². The Morgan fingerprint density at radius 3 is 2.71 bits per heavy atom. The van der Waals surface area contributed by atoms with Gasteiger partial charge in [0.25, 0.3) is 0 Å². The molecule has 2 nitrogen and oxygen atoms in total. The Labute approximate surface area is 110 Å². The standard InChI is InChI=1S/C14H23ClN2/c1-4-5-9-17(3)14-12(10-11(2)16)7-6-8-13(14)15/h6-8,11H,4-5,9-10,16H2,1-3H3. The summed E-state index contributed by atoms with van der Waals surface area (Å²) in [5.41, 5.74) is 8.26. The van der Waals surface area contributed by atoms with Gasteiger partial charge in [0.05, 0.1) is 10.7 Å². The van der Waals surface area contributed by atoms with Crippen molar-refractivity contribution in [2.45, 2.75) is 39.2 Å². The quantitative estimate of drug-likeness (QED) is 0.842. The lowest BCUT2D eigenvalue weighted by atomic mass is 10.0. The number of halogens is 1. The average Bonchev–Trinajstić information content (AvgIpc) is 2.25. The average molecular weight is 255 g/mol. The van der Waals surface area contributed by atoms with Crippen LogP contribution in [0, 0.1) is 0 Å². The monoisotopic (exact) mass is 254 g/mol. The third-order valence-corrected chi connectivity index (χ3v) is 3.15. The largest absolute Gasteiger partial charge is 0.373 e. The van der Waals surface area contributed by atoms with Gasteiger partial charge in [0.2, 0.25) is 0 Å². The van der Waals surface area contributed by atoms with Crippen molar-refractivity contribution in [1.29, 1.82) is 0 Å². The number of unbranched alkanes of at least 4 members (excludes halogenated alkanes) is 1. The highest BCUT2D eigenvalue weighted by atomic mass is 35.5.